The average molecular weight is 564 g/mol. The second kappa shape index (κ2) is 12.0. The Morgan fingerprint density at radius 2 is 1.68 bits per heavy atom. The molecule has 0 saturated heterocycles. The molecule has 2 amide bonds. The van der Waals surface area contributed by atoms with Gasteiger partial charge in [0.1, 0.15) is 32.6 Å². The highest BCUT2D eigenvalue weighted by Crippen LogP contribution is 2.38. The molecule has 0 spiro atoms. The summed E-state index contributed by atoms with van der Waals surface area (Å²) in [5, 5.41) is 13.0. The first-order valence-electron chi connectivity index (χ1n) is 11.8. The molecule has 1 saturated carbocycles. The second-order valence-electron chi connectivity index (χ2n) is 8.70. The zero-order chi connectivity index (χ0) is 26.5. The van der Waals surface area contributed by atoms with Crippen LogP contribution in [0.1, 0.15) is 54.2 Å². The number of ether oxygens (including phenoxy) is 2. The zero-order valence-electron chi connectivity index (χ0n) is 20.4. The van der Waals surface area contributed by atoms with Crippen LogP contribution in [-0.2, 0) is 4.79 Å². The molecule has 8 nitrogen and oxygen atoms in total. The third-order valence-corrected chi connectivity index (χ3v) is 7.91. The molecule has 1 aliphatic rings. The fraction of sp³-hybridized carbons (Fsp3) is 0.346. The lowest BCUT2D eigenvalue weighted by atomic mass is 9.94. The molecule has 196 valence electrons. The highest BCUT2D eigenvalue weighted by molar-refractivity contribution is 7.11. The van der Waals surface area contributed by atoms with E-state index >= 15 is 0 Å². The Morgan fingerprint density at radius 1 is 1.05 bits per heavy atom. The number of rotatable bonds is 8. The number of aromatic nitrogens is 1. The van der Waals surface area contributed by atoms with Crippen molar-refractivity contribution >= 4 is 52.2 Å². The molecule has 0 unspecified atom stereocenters. The molecule has 3 aromatic rings. The fourth-order valence-electron chi connectivity index (χ4n) is 4.42. The summed E-state index contributed by atoms with van der Waals surface area (Å²) < 4.78 is 15.2. The smallest absolute Gasteiger partial charge is 0.280 e. The van der Waals surface area contributed by atoms with Crippen LogP contribution in [0.5, 0.6) is 17.2 Å². The van der Waals surface area contributed by atoms with Gasteiger partial charge in [0, 0.05) is 24.2 Å². The summed E-state index contributed by atoms with van der Waals surface area (Å²) in [6.07, 6.45) is 4.91. The summed E-state index contributed by atoms with van der Waals surface area (Å²) in [5.74, 6) is -0.116. The van der Waals surface area contributed by atoms with E-state index in [1.807, 2.05) is 0 Å². The fourth-order valence-corrected chi connectivity index (χ4v) is 5.41. The van der Waals surface area contributed by atoms with Gasteiger partial charge >= 0.3 is 0 Å². The van der Waals surface area contributed by atoms with E-state index in [1.165, 1.54) is 31.3 Å². The van der Waals surface area contributed by atoms with Crippen molar-refractivity contribution < 1.29 is 24.2 Å². The number of nitrogens with zero attached hydrogens (tertiary/aromatic N) is 2. The van der Waals surface area contributed by atoms with Crippen molar-refractivity contribution in [2.45, 2.75) is 44.2 Å². The lowest BCUT2D eigenvalue weighted by Crippen LogP contribution is -2.47. The number of hydrogen-bond donors (Lipinski definition) is 2. The van der Waals surface area contributed by atoms with Crippen molar-refractivity contribution in [1.29, 1.82) is 0 Å². The highest BCUT2D eigenvalue weighted by atomic mass is 35.5. The first-order chi connectivity index (χ1) is 17.8. The Balaban J connectivity index is 1.88. The van der Waals surface area contributed by atoms with Crippen molar-refractivity contribution in [2.24, 2.45) is 0 Å². The Kier molecular flexibility index (Phi) is 8.79. The maximum absolute atomic E-state index is 14.1. The number of nitrogens with one attached hydrogen (secondary N) is 1. The molecule has 1 heterocycles. The minimum Gasteiger partial charge on any atom is -0.508 e. The van der Waals surface area contributed by atoms with Gasteiger partial charge in [-0.2, -0.15) is 4.37 Å². The Bertz CT molecular complexity index is 1240. The number of carbonyl (C=O) groups excluding carboxylic acids is 2. The maximum atomic E-state index is 14.1. The van der Waals surface area contributed by atoms with Gasteiger partial charge in [-0.1, -0.05) is 54.6 Å². The standard InChI is InChI=1S/C26H27Cl2N3O5S/c1-35-19-12-17(13-20(14-19)36-2)31(26(34)22-21(27)24(28)37-30-22)23(15-8-10-18(32)11-9-15)25(33)29-16-6-4-3-5-7-16/h8-14,16,23,32H,3-7H2,1-2H3,(H,29,33)/t23-/m0/s1. The quantitative estimate of drug-likeness (QED) is 0.348. The summed E-state index contributed by atoms with van der Waals surface area (Å²) >= 11 is 13.4. The van der Waals surface area contributed by atoms with Crippen LogP contribution in [-0.4, -0.2) is 41.6 Å². The molecule has 1 aromatic heterocycles. The van der Waals surface area contributed by atoms with Crippen molar-refractivity contribution in [1.82, 2.24) is 9.69 Å². The van der Waals surface area contributed by atoms with Gasteiger partial charge in [0.15, 0.2) is 5.69 Å². The predicted molar refractivity (Wildman–Crippen MR) is 144 cm³/mol. The normalized spacial score (nSPS) is 14.6. The van der Waals surface area contributed by atoms with Crippen LogP contribution < -0.4 is 19.7 Å². The van der Waals surface area contributed by atoms with E-state index in [4.69, 9.17) is 32.7 Å². The topological polar surface area (TPSA) is 101 Å². The number of halogens is 2. The largest absolute Gasteiger partial charge is 0.508 e. The first kappa shape index (κ1) is 27.0. The third kappa shape index (κ3) is 6.11. The van der Waals surface area contributed by atoms with Crippen LogP contribution in [0.25, 0.3) is 0 Å². The highest BCUT2D eigenvalue weighted by Gasteiger charge is 2.37. The molecule has 1 aliphatic carbocycles. The third-order valence-electron chi connectivity index (χ3n) is 6.30. The lowest BCUT2D eigenvalue weighted by Gasteiger charge is -2.33. The summed E-state index contributed by atoms with van der Waals surface area (Å²) in [7, 11) is 2.99. The number of benzene rings is 2. The Hall–Kier alpha value is -3.01. The van der Waals surface area contributed by atoms with Crippen LogP contribution in [0.3, 0.4) is 0 Å². The first-order valence-corrected chi connectivity index (χ1v) is 13.3. The van der Waals surface area contributed by atoms with E-state index < -0.39 is 11.9 Å². The van der Waals surface area contributed by atoms with Crippen LogP contribution in [0.15, 0.2) is 42.5 Å². The number of amides is 2. The van der Waals surface area contributed by atoms with Crippen molar-refractivity contribution in [3.63, 3.8) is 0 Å². The number of carbonyl (C=O) groups is 2. The molecule has 0 radical (unpaired) electrons. The molecule has 2 N–H and O–H groups in total. The van der Waals surface area contributed by atoms with Gasteiger partial charge in [-0.25, -0.2) is 0 Å². The molecule has 11 heteroatoms. The molecular weight excluding hydrogens is 537 g/mol. The number of phenols is 1. The Morgan fingerprint density at radius 3 is 2.22 bits per heavy atom. The summed E-state index contributed by atoms with van der Waals surface area (Å²) in [5.41, 5.74) is 0.740. The number of aromatic hydroxyl groups is 1. The van der Waals surface area contributed by atoms with E-state index in [9.17, 15) is 14.7 Å². The molecular formula is C26H27Cl2N3O5S. The van der Waals surface area contributed by atoms with E-state index in [-0.39, 0.29) is 32.8 Å². The summed E-state index contributed by atoms with van der Waals surface area (Å²) in [6.45, 7) is 0. The molecule has 2 aromatic carbocycles. The average Bonchev–Trinajstić information content (AvgIpc) is 3.25. The number of anilines is 1. The molecule has 1 fully saturated rings. The van der Waals surface area contributed by atoms with Crippen molar-refractivity contribution in [2.75, 3.05) is 19.1 Å². The summed E-state index contributed by atoms with van der Waals surface area (Å²) in [6, 6.07) is 9.94. The van der Waals surface area contributed by atoms with Gasteiger partial charge in [0.25, 0.3) is 5.91 Å². The molecule has 0 aliphatic heterocycles. The summed E-state index contributed by atoms with van der Waals surface area (Å²) in [4.78, 5) is 29.3. The molecule has 0 bridgehead atoms. The van der Waals surface area contributed by atoms with Crippen molar-refractivity contribution in [3.8, 4) is 17.2 Å². The van der Waals surface area contributed by atoms with Gasteiger partial charge in [-0.3, -0.25) is 14.5 Å². The van der Waals surface area contributed by atoms with Gasteiger partial charge in [-0.15, -0.1) is 0 Å². The van der Waals surface area contributed by atoms with E-state index in [2.05, 4.69) is 9.69 Å². The molecule has 1 atom stereocenters. The second-order valence-corrected chi connectivity index (χ2v) is 10.5. The van der Waals surface area contributed by atoms with E-state index in [0.717, 1.165) is 43.6 Å². The van der Waals surface area contributed by atoms with Gasteiger partial charge in [0.2, 0.25) is 5.91 Å². The SMILES string of the molecule is COc1cc(OC)cc(N(C(=O)c2nsc(Cl)c2Cl)[C@H](C(=O)NC2CCCCC2)c2ccc(O)cc2)c1. The van der Waals surface area contributed by atoms with Gasteiger partial charge < -0.3 is 19.9 Å². The molecule has 37 heavy (non-hydrogen) atoms. The minimum atomic E-state index is -1.12. The number of methoxy groups -OCH3 is 2. The predicted octanol–water partition coefficient (Wildman–Crippen LogP) is 6.01. The zero-order valence-corrected chi connectivity index (χ0v) is 22.7. The number of phenolic OH excluding ortho intramolecular Hbond substituents is 1. The van der Waals surface area contributed by atoms with E-state index in [1.54, 1.807) is 30.3 Å². The monoisotopic (exact) mass is 563 g/mol. The van der Waals surface area contributed by atoms with Crippen LogP contribution in [0.4, 0.5) is 5.69 Å². The van der Waals surface area contributed by atoms with E-state index in [0.29, 0.717) is 22.7 Å². The minimum absolute atomic E-state index is 0.00466. The van der Waals surface area contributed by atoms with Gasteiger partial charge in [0.05, 0.1) is 19.9 Å². The lowest BCUT2D eigenvalue weighted by molar-refractivity contribution is -0.123. The van der Waals surface area contributed by atoms with Crippen molar-refractivity contribution in [3.05, 3.63) is 63.1 Å². The van der Waals surface area contributed by atoms with Crippen LogP contribution in [0, 0.1) is 0 Å². The maximum Gasteiger partial charge on any atom is 0.280 e. The van der Waals surface area contributed by atoms with Crippen LogP contribution in [0.2, 0.25) is 9.36 Å². The number of hydrogen-bond acceptors (Lipinski definition) is 7. The van der Waals surface area contributed by atoms with Gasteiger partial charge in [-0.05, 0) is 42.1 Å². The van der Waals surface area contributed by atoms with Crippen LogP contribution >= 0.6 is 34.7 Å². The molecule has 4 rings (SSSR count). The Labute approximate surface area is 229 Å².